The minimum atomic E-state index is -1.20. The van der Waals surface area contributed by atoms with Crippen molar-refractivity contribution in [3.05, 3.63) is 82.1 Å². The number of aliphatic carboxylic acids is 1. The fourth-order valence-corrected chi connectivity index (χ4v) is 5.93. The van der Waals surface area contributed by atoms with Crippen LogP contribution in [0.5, 0.6) is 5.75 Å². The third-order valence-electron chi connectivity index (χ3n) is 6.15. The number of hydrogen-bond acceptors (Lipinski definition) is 6. The van der Waals surface area contributed by atoms with Gasteiger partial charge in [-0.25, -0.2) is 4.39 Å². The number of rotatable bonds is 11. The maximum absolute atomic E-state index is 14.5. The first kappa shape index (κ1) is 26.9. The molecule has 2 atom stereocenters. The Bertz CT molecular complexity index is 1320. The fourth-order valence-electron chi connectivity index (χ4n) is 4.37. The second kappa shape index (κ2) is 12.0. The van der Waals surface area contributed by atoms with E-state index in [4.69, 9.17) is 22.1 Å². The van der Waals surface area contributed by atoms with Crippen molar-refractivity contribution in [3.8, 4) is 16.9 Å². The van der Waals surface area contributed by atoms with E-state index in [1.165, 1.54) is 6.07 Å². The summed E-state index contributed by atoms with van der Waals surface area (Å²) in [5, 5.41) is 21.7. The molecule has 0 aliphatic heterocycles. The number of nitrogens with two attached hydrogens (primary N) is 1. The molecule has 4 rings (SSSR count). The Balaban J connectivity index is 1.61. The van der Waals surface area contributed by atoms with Crippen LogP contribution >= 0.6 is 23.4 Å². The van der Waals surface area contributed by atoms with Gasteiger partial charge in [-0.15, -0.1) is 11.8 Å². The Morgan fingerprint density at radius 3 is 2.65 bits per heavy atom. The number of aliphatic hydroxyl groups excluding tert-OH is 1. The average Bonchev–Trinajstić information content (AvgIpc) is 3.28. The number of hydrogen-bond donors (Lipinski definition) is 4. The number of primary amides is 1. The van der Waals surface area contributed by atoms with Crippen molar-refractivity contribution in [2.75, 3.05) is 13.2 Å². The van der Waals surface area contributed by atoms with E-state index in [0.717, 1.165) is 34.4 Å². The number of ether oxygens (including phenoxy) is 1. The molecule has 0 saturated carbocycles. The summed E-state index contributed by atoms with van der Waals surface area (Å²) in [4.78, 5) is 23.3. The van der Waals surface area contributed by atoms with Crippen molar-refractivity contribution < 1.29 is 28.9 Å². The highest BCUT2D eigenvalue weighted by molar-refractivity contribution is 7.99. The van der Waals surface area contributed by atoms with Crippen molar-refractivity contribution in [3.63, 3.8) is 0 Å². The number of benzene rings is 3. The first-order chi connectivity index (χ1) is 17.8. The minimum absolute atomic E-state index is 0.0363. The molecule has 194 valence electrons. The lowest BCUT2D eigenvalue weighted by Crippen LogP contribution is -2.39. The zero-order chi connectivity index (χ0) is 26.5. The third-order valence-corrected chi connectivity index (χ3v) is 7.94. The van der Waals surface area contributed by atoms with Crippen molar-refractivity contribution in [1.29, 1.82) is 0 Å². The van der Waals surface area contributed by atoms with Crippen molar-refractivity contribution in [2.45, 2.75) is 35.6 Å². The van der Waals surface area contributed by atoms with Gasteiger partial charge in [0.1, 0.15) is 17.6 Å². The van der Waals surface area contributed by atoms with Crippen LogP contribution in [0, 0.1) is 5.82 Å². The lowest BCUT2D eigenvalue weighted by molar-refractivity contribution is -0.140. The predicted molar refractivity (Wildman–Crippen MR) is 140 cm³/mol. The van der Waals surface area contributed by atoms with E-state index in [9.17, 15) is 24.2 Å². The molecule has 0 aromatic heterocycles. The summed E-state index contributed by atoms with van der Waals surface area (Å²) in [5.41, 5.74) is 9.44. The molecule has 1 amide bonds. The second-order valence-electron chi connectivity index (χ2n) is 8.60. The first-order valence-electron chi connectivity index (χ1n) is 11.6. The summed E-state index contributed by atoms with van der Waals surface area (Å²) in [6.07, 6.45) is 1.62. The molecule has 0 fully saturated rings. The molecule has 0 spiro atoms. The molecule has 10 heteroatoms. The summed E-state index contributed by atoms with van der Waals surface area (Å²) >= 11 is 8.16. The number of aliphatic hydroxyl groups is 1. The largest absolute Gasteiger partial charge is 0.483 e. The predicted octanol–water partition coefficient (Wildman–Crippen LogP) is 4.32. The SMILES string of the molecule is NC(=O)COc1cc(S[C@H]2CCc3c(-c4ccccc4F)cccc32)c(Cl)cc1CNC(CO)C(=O)O. The summed E-state index contributed by atoms with van der Waals surface area (Å²) in [6.45, 7) is -0.918. The minimum Gasteiger partial charge on any atom is -0.483 e. The number of carboxylic acids is 1. The van der Waals surface area contributed by atoms with Gasteiger partial charge in [0.25, 0.3) is 5.91 Å². The number of amides is 1. The molecule has 0 heterocycles. The summed E-state index contributed by atoms with van der Waals surface area (Å²) < 4.78 is 20.1. The molecule has 5 N–H and O–H groups in total. The van der Waals surface area contributed by atoms with Crippen LogP contribution in [0.4, 0.5) is 4.39 Å². The van der Waals surface area contributed by atoms with Crippen LogP contribution in [0.25, 0.3) is 11.1 Å². The van der Waals surface area contributed by atoms with E-state index in [1.807, 2.05) is 24.3 Å². The summed E-state index contributed by atoms with van der Waals surface area (Å²) in [5.74, 6) is -1.79. The average molecular weight is 545 g/mol. The molecule has 1 unspecified atom stereocenters. The molecule has 0 bridgehead atoms. The Morgan fingerprint density at radius 1 is 1.19 bits per heavy atom. The summed E-state index contributed by atoms with van der Waals surface area (Å²) in [7, 11) is 0. The highest BCUT2D eigenvalue weighted by atomic mass is 35.5. The number of carbonyl (C=O) groups is 2. The zero-order valence-corrected chi connectivity index (χ0v) is 21.3. The summed E-state index contributed by atoms with van der Waals surface area (Å²) in [6, 6.07) is 14.8. The number of carbonyl (C=O) groups excluding carboxylic acids is 1. The molecule has 3 aromatic carbocycles. The van der Waals surface area contributed by atoms with E-state index >= 15 is 0 Å². The highest BCUT2D eigenvalue weighted by Gasteiger charge is 2.28. The molecule has 0 radical (unpaired) electrons. The van der Waals surface area contributed by atoms with Gasteiger partial charge < -0.3 is 20.7 Å². The van der Waals surface area contributed by atoms with Crippen LogP contribution in [0.15, 0.2) is 59.5 Å². The smallest absolute Gasteiger partial charge is 0.323 e. The molecule has 7 nitrogen and oxygen atoms in total. The second-order valence-corrected chi connectivity index (χ2v) is 10.2. The fraction of sp³-hybridized carbons (Fsp3) is 0.259. The standard InChI is InChI=1S/C27H26ClFN2O5S/c28-20-10-15(12-31-22(13-32)27(34)35)23(36-14-26(30)33)11-25(20)37-24-9-8-17-16(5-3-6-19(17)24)18-4-1-2-7-21(18)29/h1-7,10-11,22,24,31-32H,8-9,12-14H2,(H2,30,33)(H,34,35)/t22?,24-/m0/s1. The Morgan fingerprint density at radius 2 is 1.95 bits per heavy atom. The molecule has 1 aliphatic carbocycles. The van der Waals surface area contributed by atoms with Crippen LogP contribution in [-0.2, 0) is 22.6 Å². The molecule has 0 saturated heterocycles. The van der Waals surface area contributed by atoms with E-state index in [0.29, 0.717) is 21.9 Å². The van der Waals surface area contributed by atoms with E-state index in [1.54, 1.807) is 36.0 Å². The van der Waals surface area contributed by atoms with Gasteiger partial charge in [0.15, 0.2) is 6.61 Å². The highest BCUT2D eigenvalue weighted by Crippen LogP contribution is 2.49. The van der Waals surface area contributed by atoms with Gasteiger partial charge in [0.2, 0.25) is 0 Å². The third kappa shape index (κ3) is 6.24. The van der Waals surface area contributed by atoms with Crippen LogP contribution in [0.1, 0.15) is 28.4 Å². The first-order valence-corrected chi connectivity index (χ1v) is 12.9. The van der Waals surface area contributed by atoms with Gasteiger partial charge in [-0.2, -0.15) is 0 Å². The maximum atomic E-state index is 14.5. The number of nitrogens with one attached hydrogen (secondary N) is 1. The van der Waals surface area contributed by atoms with Gasteiger partial charge in [-0.05, 0) is 47.7 Å². The van der Waals surface area contributed by atoms with Crippen molar-refractivity contribution >= 4 is 35.2 Å². The maximum Gasteiger partial charge on any atom is 0.323 e. The molecular formula is C27H26ClFN2O5S. The van der Waals surface area contributed by atoms with Crippen LogP contribution < -0.4 is 15.8 Å². The van der Waals surface area contributed by atoms with Gasteiger partial charge in [-0.3, -0.25) is 14.9 Å². The number of halogens is 2. The van der Waals surface area contributed by atoms with Crippen LogP contribution in [-0.4, -0.2) is 41.3 Å². The van der Waals surface area contributed by atoms with Gasteiger partial charge in [-0.1, -0.05) is 48.0 Å². The number of fused-ring (bicyclic) bond motifs is 1. The molecule has 1 aliphatic rings. The number of carboxylic acid groups (broad SMARTS) is 1. The van der Waals surface area contributed by atoms with Gasteiger partial charge >= 0.3 is 5.97 Å². The quantitative estimate of drug-likeness (QED) is 0.283. The molecule has 37 heavy (non-hydrogen) atoms. The monoisotopic (exact) mass is 544 g/mol. The Labute approximate surface area is 222 Å². The lowest BCUT2D eigenvalue weighted by Gasteiger charge is -2.18. The van der Waals surface area contributed by atoms with E-state index in [-0.39, 0.29) is 24.2 Å². The topological polar surface area (TPSA) is 122 Å². The normalized spacial score (nSPS) is 15.3. The van der Waals surface area contributed by atoms with E-state index < -0.39 is 24.5 Å². The van der Waals surface area contributed by atoms with Crippen molar-refractivity contribution in [2.24, 2.45) is 5.73 Å². The van der Waals surface area contributed by atoms with Gasteiger partial charge in [0, 0.05) is 27.8 Å². The molecule has 3 aromatic rings. The Hall–Kier alpha value is -3.11. The Kier molecular flexibility index (Phi) is 8.71. The van der Waals surface area contributed by atoms with Gasteiger partial charge in [0.05, 0.1) is 11.6 Å². The van der Waals surface area contributed by atoms with E-state index in [2.05, 4.69) is 5.32 Å². The van der Waals surface area contributed by atoms with Crippen LogP contribution in [0.2, 0.25) is 5.02 Å². The lowest BCUT2D eigenvalue weighted by atomic mass is 9.96. The van der Waals surface area contributed by atoms with Crippen molar-refractivity contribution in [1.82, 2.24) is 5.32 Å². The molecular weight excluding hydrogens is 519 g/mol. The number of thioether (sulfide) groups is 1. The van der Waals surface area contributed by atoms with Crippen LogP contribution in [0.3, 0.4) is 0 Å². The zero-order valence-electron chi connectivity index (χ0n) is 19.7.